The Morgan fingerprint density at radius 1 is 1.06 bits per heavy atom. The van der Waals surface area contributed by atoms with Gasteiger partial charge in [-0.25, -0.2) is 8.78 Å². The van der Waals surface area contributed by atoms with E-state index in [1.807, 2.05) is 20.4 Å². The van der Waals surface area contributed by atoms with Crippen molar-refractivity contribution < 1.29 is 17.6 Å². The summed E-state index contributed by atoms with van der Waals surface area (Å²) in [5, 5.41) is 0.607. The molecule has 0 spiro atoms. The van der Waals surface area contributed by atoms with Crippen LogP contribution in [0, 0.1) is 11.6 Å². The largest absolute Gasteiger partial charge is 0.391 e. The van der Waals surface area contributed by atoms with Crippen LogP contribution in [0.4, 0.5) is 8.78 Å². The van der Waals surface area contributed by atoms with E-state index in [4.69, 9.17) is 8.85 Å². The van der Waals surface area contributed by atoms with E-state index in [-0.39, 0.29) is 0 Å². The molecule has 16 heavy (non-hydrogen) atoms. The molecule has 0 radical (unpaired) electrons. The van der Waals surface area contributed by atoms with Crippen LogP contribution in [0.2, 0.25) is 6.55 Å². The molecule has 0 atom stereocenters. The molecule has 0 aliphatic rings. The van der Waals surface area contributed by atoms with Gasteiger partial charge in [-0.1, -0.05) is 6.07 Å². The standard InChI is InChI=1S/C11H16F2O2Si/c1-4-14-16(3,15-5-2)9-6-7-10(12)11(13)8-9/h6-8H,4-5H2,1-3H3. The van der Waals surface area contributed by atoms with Gasteiger partial charge in [0.1, 0.15) is 0 Å². The maximum atomic E-state index is 13.1. The summed E-state index contributed by atoms with van der Waals surface area (Å²) >= 11 is 0. The summed E-state index contributed by atoms with van der Waals surface area (Å²) in [7, 11) is -2.59. The number of benzene rings is 1. The van der Waals surface area contributed by atoms with Crippen molar-refractivity contribution in [3.05, 3.63) is 29.8 Å². The summed E-state index contributed by atoms with van der Waals surface area (Å²) in [6.07, 6.45) is 0. The third-order valence-electron chi connectivity index (χ3n) is 2.28. The van der Waals surface area contributed by atoms with Crippen molar-refractivity contribution in [1.29, 1.82) is 0 Å². The zero-order valence-corrected chi connectivity index (χ0v) is 10.7. The zero-order valence-electron chi connectivity index (χ0n) is 9.72. The Labute approximate surface area is 95.4 Å². The lowest BCUT2D eigenvalue weighted by Gasteiger charge is -2.26. The summed E-state index contributed by atoms with van der Waals surface area (Å²) < 4.78 is 37.1. The Hall–Kier alpha value is -0.783. The van der Waals surface area contributed by atoms with Gasteiger partial charge in [0.25, 0.3) is 0 Å². The average Bonchev–Trinajstić information content (AvgIpc) is 2.22. The second-order valence-corrected chi connectivity index (χ2v) is 6.49. The Balaban J connectivity index is 3.05. The molecule has 1 rings (SSSR count). The molecule has 5 heteroatoms. The highest BCUT2D eigenvalue weighted by molar-refractivity contribution is 6.79. The van der Waals surface area contributed by atoms with Crippen LogP contribution in [0.3, 0.4) is 0 Å². The van der Waals surface area contributed by atoms with Crippen LogP contribution < -0.4 is 5.19 Å². The first-order chi connectivity index (χ1) is 7.53. The summed E-state index contributed by atoms with van der Waals surface area (Å²) in [5.74, 6) is -1.72. The highest BCUT2D eigenvalue weighted by Crippen LogP contribution is 2.11. The first-order valence-electron chi connectivity index (χ1n) is 5.27. The van der Waals surface area contributed by atoms with E-state index in [0.29, 0.717) is 18.4 Å². The fourth-order valence-electron chi connectivity index (χ4n) is 1.54. The lowest BCUT2D eigenvalue weighted by Crippen LogP contribution is -2.51. The van der Waals surface area contributed by atoms with E-state index in [9.17, 15) is 8.78 Å². The Kier molecular flexibility index (Phi) is 4.58. The minimum atomic E-state index is -2.59. The normalized spacial score (nSPS) is 11.8. The van der Waals surface area contributed by atoms with Crippen LogP contribution in [0.15, 0.2) is 18.2 Å². The molecule has 0 aliphatic heterocycles. The maximum absolute atomic E-state index is 13.1. The molecule has 0 bridgehead atoms. The first-order valence-corrected chi connectivity index (χ1v) is 7.58. The Bertz CT molecular complexity index is 352. The van der Waals surface area contributed by atoms with Gasteiger partial charge in [0.15, 0.2) is 11.6 Å². The minimum absolute atomic E-state index is 0.488. The van der Waals surface area contributed by atoms with Crippen molar-refractivity contribution >= 4 is 13.7 Å². The third kappa shape index (κ3) is 2.87. The van der Waals surface area contributed by atoms with Crippen LogP contribution in [0.25, 0.3) is 0 Å². The predicted molar refractivity (Wildman–Crippen MR) is 60.9 cm³/mol. The highest BCUT2D eigenvalue weighted by Gasteiger charge is 2.34. The SMILES string of the molecule is CCO[Si](C)(OCC)c1ccc(F)c(F)c1. The van der Waals surface area contributed by atoms with Crippen molar-refractivity contribution in [3.8, 4) is 0 Å². The van der Waals surface area contributed by atoms with Crippen molar-refractivity contribution in [2.45, 2.75) is 20.4 Å². The lowest BCUT2D eigenvalue weighted by molar-refractivity contribution is 0.202. The fourth-order valence-corrected chi connectivity index (χ4v) is 3.83. The topological polar surface area (TPSA) is 18.5 Å². The smallest absolute Gasteiger partial charge is 0.369 e. The molecule has 0 aromatic heterocycles. The second-order valence-electron chi connectivity index (χ2n) is 3.44. The molecular weight excluding hydrogens is 230 g/mol. The predicted octanol–water partition coefficient (Wildman–Crippen LogP) is 2.32. The second kappa shape index (κ2) is 5.52. The molecule has 0 N–H and O–H groups in total. The maximum Gasteiger partial charge on any atom is 0.369 e. The van der Waals surface area contributed by atoms with Gasteiger partial charge in [-0.3, -0.25) is 0 Å². The van der Waals surface area contributed by atoms with E-state index in [1.165, 1.54) is 6.07 Å². The number of halogens is 2. The number of hydrogen-bond acceptors (Lipinski definition) is 2. The molecule has 90 valence electrons. The van der Waals surface area contributed by atoms with E-state index < -0.39 is 20.2 Å². The summed E-state index contributed by atoms with van der Waals surface area (Å²) in [5.41, 5.74) is 0. The van der Waals surface area contributed by atoms with Crippen LogP contribution in [0.5, 0.6) is 0 Å². The molecule has 0 saturated carbocycles. The highest BCUT2D eigenvalue weighted by atomic mass is 28.4. The van der Waals surface area contributed by atoms with Gasteiger partial charge in [0.05, 0.1) is 0 Å². The van der Waals surface area contributed by atoms with Crippen LogP contribution in [0.1, 0.15) is 13.8 Å². The van der Waals surface area contributed by atoms with Crippen LogP contribution in [-0.2, 0) is 8.85 Å². The van der Waals surface area contributed by atoms with Crippen LogP contribution in [-0.4, -0.2) is 21.8 Å². The van der Waals surface area contributed by atoms with E-state index >= 15 is 0 Å². The molecule has 0 aliphatic carbocycles. The molecular formula is C11H16F2O2Si. The average molecular weight is 246 g/mol. The molecule has 0 amide bonds. The Morgan fingerprint density at radius 2 is 1.62 bits per heavy atom. The van der Waals surface area contributed by atoms with E-state index in [1.54, 1.807) is 0 Å². The van der Waals surface area contributed by atoms with Crippen molar-refractivity contribution in [3.63, 3.8) is 0 Å². The number of hydrogen-bond donors (Lipinski definition) is 0. The molecule has 1 aromatic rings. The molecule has 0 saturated heterocycles. The van der Waals surface area contributed by atoms with Crippen molar-refractivity contribution in [2.75, 3.05) is 13.2 Å². The van der Waals surface area contributed by atoms with Gasteiger partial charge in [-0.05, 0) is 37.7 Å². The van der Waals surface area contributed by atoms with Gasteiger partial charge in [-0.2, -0.15) is 0 Å². The minimum Gasteiger partial charge on any atom is -0.391 e. The van der Waals surface area contributed by atoms with Crippen LogP contribution >= 0.6 is 0 Å². The van der Waals surface area contributed by atoms with Crippen molar-refractivity contribution in [2.24, 2.45) is 0 Å². The monoisotopic (exact) mass is 246 g/mol. The molecule has 0 heterocycles. The summed E-state index contributed by atoms with van der Waals surface area (Å²) in [4.78, 5) is 0. The van der Waals surface area contributed by atoms with Gasteiger partial charge < -0.3 is 8.85 Å². The fraction of sp³-hybridized carbons (Fsp3) is 0.455. The Morgan fingerprint density at radius 3 is 2.06 bits per heavy atom. The first kappa shape index (κ1) is 13.3. The van der Waals surface area contributed by atoms with E-state index in [0.717, 1.165) is 12.1 Å². The summed E-state index contributed by atoms with van der Waals surface area (Å²) in [6, 6.07) is 3.79. The van der Waals surface area contributed by atoms with E-state index in [2.05, 4.69) is 0 Å². The third-order valence-corrected chi connectivity index (χ3v) is 5.32. The number of rotatable bonds is 5. The quantitative estimate of drug-likeness (QED) is 0.742. The van der Waals surface area contributed by atoms with Gasteiger partial charge in [0.2, 0.25) is 0 Å². The lowest BCUT2D eigenvalue weighted by atomic mass is 10.3. The van der Waals surface area contributed by atoms with Crippen molar-refractivity contribution in [1.82, 2.24) is 0 Å². The van der Waals surface area contributed by atoms with Gasteiger partial charge >= 0.3 is 8.56 Å². The molecule has 2 nitrogen and oxygen atoms in total. The zero-order chi connectivity index (χ0) is 12.2. The molecule has 1 aromatic carbocycles. The van der Waals surface area contributed by atoms with Gasteiger partial charge in [-0.15, -0.1) is 0 Å². The van der Waals surface area contributed by atoms with Gasteiger partial charge in [0, 0.05) is 13.2 Å². The molecule has 0 unspecified atom stereocenters. The summed E-state index contributed by atoms with van der Waals surface area (Å²) in [6.45, 7) is 6.50. The molecule has 0 fully saturated rings.